The molecule has 1 aliphatic carbocycles. The first kappa shape index (κ1) is 21.2. The number of halogens is 2. The van der Waals surface area contributed by atoms with Crippen LogP contribution in [0.15, 0.2) is 23.2 Å². The molecule has 0 spiro atoms. The van der Waals surface area contributed by atoms with E-state index in [1.807, 2.05) is 13.0 Å². The number of likely N-dealkylation sites (N-methyl/N-ethyl adjacent to an activating group) is 1. The van der Waals surface area contributed by atoms with Gasteiger partial charge in [0.05, 0.1) is 0 Å². The molecular formula is C18H30FIN4. The Morgan fingerprint density at radius 2 is 2.08 bits per heavy atom. The van der Waals surface area contributed by atoms with Crippen LogP contribution in [0, 0.1) is 12.7 Å². The van der Waals surface area contributed by atoms with Crippen molar-refractivity contribution in [2.75, 3.05) is 27.2 Å². The number of hydrogen-bond acceptors (Lipinski definition) is 2. The largest absolute Gasteiger partial charge is 0.356 e. The second-order valence-electron chi connectivity index (χ2n) is 6.45. The van der Waals surface area contributed by atoms with Gasteiger partial charge in [0.2, 0.25) is 0 Å². The zero-order valence-corrected chi connectivity index (χ0v) is 17.4. The molecule has 0 aliphatic heterocycles. The van der Waals surface area contributed by atoms with Crippen LogP contribution < -0.4 is 10.6 Å². The molecule has 1 aliphatic rings. The van der Waals surface area contributed by atoms with Crippen LogP contribution in [0.3, 0.4) is 0 Å². The molecule has 136 valence electrons. The van der Waals surface area contributed by atoms with Crippen LogP contribution >= 0.6 is 24.0 Å². The third kappa shape index (κ3) is 6.55. The number of benzene rings is 1. The molecule has 0 bridgehead atoms. The fraction of sp³-hybridized carbons (Fsp3) is 0.611. The van der Waals surface area contributed by atoms with Crippen molar-refractivity contribution < 1.29 is 4.39 Å². The van der Waals surface area contributed by atoms with Gasteiger partial charge in [-0.3, -0.25) is 9.89 Å². The normalized spacial score (nSPS) is 15.8. The number of nitrogens with zero attached hydrogens (tertiary/aromatic N) is 2. The summed E-state index contributed by atoms with van der Waals surface area (Å²) in [6.45, 7) is 5.84. The lowest BCUT2D eigenvalue weighted by atomic mass is 10.1. The molecule has 1 unspecified atom stereocenters. The van der Waals surface area contributed by atoms with Gasteiger partial charge in [0.1, 0.15) is 5.82 Å². The van der Waals surface area contributed by atoms with E-state index >= 15 is 0 Å². The van der Waals surface area contributed by atoms with Crippen molar-refractivity contribution in [3.05, 3.63) is 35.1 Å². The van der Waals surface area contributed by atoms with Gasteiger partial charge in [-0.1, -0.05) is 6.07 Å². The van der Waals surface area contributed by atoms with Gasteiger partial charge in [-0.25, -0.2) is 4.39 Å². The lowest BCUT2D eigenvalue weighted by Gasteiger charge is -2.25. The van der Waals surface area contributed by atoms with Gasteiger partial charge in [0.25, 0.3) is 0 Å². The maximum Gasteiger partial charge on any atom is 0.191 e. The summed E-state index contributed by atoms with van der Waals surface area (Å²) in [6.07, 6.45) is 3.50. The van der Waals surface area contributed by atoms with E-state index in [1.165, 1.54) is 18.9 Å². The number of guanidine groups is 1. The lowest BCUT2D eigenvalue weighted by molar-refractivity contribution is 0.247. The highest BCUT2D eigenvalue weighted by Crippen LogP contribution is 2.26. The highest BCUT2D eigenvalue weighted by atomic mass is 127. The second-order valence-corrected chi connectivity index (χ2v) is 6.45. The summed E-state index contributed by atoms with van der Waals surface area (Å²) >= 11 is 0. The van der Waals surface area contributed by atoms with Crippen LogP contribution in [-0.2, 0) is 6.42 Å². The fourth-order valence-electron chi connectivity index (χ4n) is 2.71. The minimum Gasteiger partial charge on any atom is -0.356 e. The Hall–Kier alpha value is -0.890. The van der Waals surface area contributed by atoms with Crippen molar-refractivity contribution in [3.63, 3.8) is 0 Å². The van der Waals surface area contributed by atoms with Gasteiger partial charge in [-0.2, -0.15) is 0 Å². The molecule has 0 heterocycles. The average molecular weight is 448 g/mol. The molecule has 0 aromatic heterocycles. The minimum absolute atomic E-state index is 0. The molecule has 1 aromatic rings. The van der Waals surface area contributed by atoms with Crippen LogP contribution in [0.2, 0.25) is 0 Å². The summed E-state index contributed by atoms with van der Waals surface area (Å²) in [6, 6.07) is 6.21. The van der Waals surface area contributed by atoms with Crippen molar-refractivity contribution in [2.45, 2.75) is 45.2 Å². The van der Waals surface area contributed by atoms with Gasteiger partial charge >= 0.3 is 0 Å². The Morgan fingerprint density at radius 1 is 1.38 bits per heavy atom. The molecule has 2 rings (SSSR count). The monoisotopic (exact) mass is 448 g/mol. The Labute approximate surface area is 162 Å². The summed E-state index contributed by atoms with van der Waals surface area (Å²) in [5.41, 5.74) is 2.16. The van der Waals surface area contributed by atoms with Crippen LogP contribution in [0.4, 0.5) is 4.39 Å². The third-order valence-electron chi connectivity index (χ3n) is 4.60. The highest BCUT2D eigenvalue weighted by molar-refractivity contribution is 14.0. The van der Waals surface area contributed by atoms with Crippen molar-refractivity contribution in [1.82, 2.24) is 15.5 Å². The topological polar surface area (TPSA) is 39.7 Å². The van der Waals surface area contributed by atoms with Gasteiger partial charge < -0.3 is 10.6 Å². The summed E-state index contributed by atoms with van der Waals surface area (Å²) in [5.74, 6) is 0.645. The molecule has 24 heavy (non-hydrogen) atoms. The molecule has 1 saturated carbocycles. The third-order valence-corrected chi connectivity index (χ3v) is 4.60. The molecule has 0 radical (unpaired) electrons. The van der Waals surface area contributed by atoms with Crippen molar-refractivity contribution in [3.8, 4) is 0 Å². The van der Waals surface area contributed by atoms with Crippen LogP contribution in [-0.4, -0.2) is 50.1 Å². The maximum atomic E-state index is 13.1. The van der Waals surface area contributed by atoms with Crippen LogP contribution in [0.25, 0.3) is 0 Å². The Kier molecular flexibility index (Phi) is 8.97. The van der Waals surface area contributed by atoms with E-state index in [1.54, 1.807) is 13.1 Å². The number of aliphatic imine (C=N–C) groups is 1. The van der Waals surface area contributed by atoms with Crippen LogP contribution in [0.5, 0.6) is 0 Å². The van der Waals surface area contributed by atoms with E-state index in [-0.39, 0.29) is 29.8 Å². The van der Waals surface area contributed by atoms with Gasteiger partial charge in [0, 0.05) is 32.2 Å². The van der Waals surface area contributed by atoms with E-state index in [0.29, 0.717) is 6.04 Å². The Morgan fingerprint density at radius 3 is 2.67 bits per heavy atom. The maximum absolute atomic E-state index is 13.1. The summed E-state index contributed by atoms with van der Waals surface area (Å²) in [7, 11) is 3.98. The van der Waals surface area contributed by atoms with Gasteiger partial charge in [-0.15, -0.1) is 24.0 Å². The van der Waals surface area contributed by atoms with E-state index in [4.69, 9.17) is 0 Å². The lowest BCUT2D eigenvalue weighted by Crippen LogP contribution is -2.45. The number of rotatable bonds is 7. The minimum atomic E-state index is -0.176. The SMILES string of the molecule is CN=C(NCCc1ccc(F)cc1C)NCC(C)N(C)C1CC1.I. The molecule has 6 heteroatoms. The summed E-state index contributed by atoms with van der Waals surface area (Å²) in [4.78, 5) is 6.70. The van der Waals surface area contributed by atoms with Crippen molar-refractivity contribution in [1.29, 1.82) is 0 Å². The van der Waals surface area contributed by atoms with Crippen molar-refractivity contribution in [2.24, 2.45) is 4.99 Å². The number of nitrogens with one attached hydrogen (secondary N) is 2. The smallest absolute Gasteiger partial charge is 0.191 e. The van der Waals surface area contributed by atoms with E-state index in [9.17, 15) is 4.39 Å². The van der Waals surface area contributed by atoms with Crippen LogP contribution in [0.1, 0.15) is 30.9 Å². The number of hydrogen-bond donors (Lipinski definition) is 2. The zero-order valence-electron chi connectivity index (χ0n) is 15.1. The first-order valence-electron chi connectivity index (χ1n) is 8.42. The standard InChI is InChI=1S/C18H29FN4.HI/c1-13-11-16(19)6-5-15(13)9-10-21-18(20-3)22-12-14(2)23(4)17-7-8-17;/h5-6,11,14,17H,7-10,12H2,1-4H3,(H2,20,21,22);1H. The van der Waals surface area contributed by atoms with E-state index in [0.717, 1.165) is 42.6 Å². The first-order valence-corrected chi connectivity index (χ1v) is 8.42. The van der Waals surface area contributed by atoms with Gasteiger partial charge in [-0.05, 0) is 63.4 Å². The molecule has 1 fully saturated rings. The van der Waals surface area contributed by atoms with E-state index < -0.39 is 0 Å². The zero-order chi connectivity index (χ0) is 16.8. The van der Waals surface area contributed by atoms with E-state index in [2.05, 4.69) is 34.5 Å². The predicted octanol–water partition coefficient (Wildman–Crippen LogP) is 2.94. The molecule has 1 atom stereocenters. The Balaban J connectivity index is 0.00000288. The molecule has 1 aromatic carbocycles. The fourth-order valence-corrected chi connectivity index (χ4v) is 2.71. The van der Waals surface area contributed by atoms with Gasteiger partial charge in [0.15, 0.2) is 5.96 Å². The molecule has 4 nitrogen and oxygen atoms in total. The molecular weight excluding hydrogens is 418 g/mol. The molecule has 0 amide bonds. The average Bonchev–Trinajstić information content (AvgIpc) is 3.36. The summed E-state index contributed by atoms with van der Waals surface area (Å²) < 4.78 is 13.1. The quantitative estimate of drug-likeness (QED) is 0.383. The second kappa shape index (κ2) is 10.2. The first-order chi connectivity index (χ1) is 11.0. The van der Waals surface area contributed by atoms with Crippen molar-refractivity contribution >= 4 is 29.9 Å². The molecule has 0 saturated heterocycles. The number of aryl methyl sites for hydroxylation is 1. The molecule has 2 N–H and O–H groups in total. The highest BCUT2D eigenvalue weighted by Gasteiger charge is 2.28. The predicted molar refractivity (Wildman–Crippen MR) is 110 cm³/mol. The Bertz CT molecular complexity index is 546. The summed E-state index contributed by atoms with van der Waals surface area (Å²) in [5, 5.41) is 6.71.